The Balaban J connectivity index is 2.08. The summed E-state index contributed by atoms with van der Waals surface area (Å²) in [5.74, 6) is -0.175. The third-order valence-corrected chi connectivity index (χ3v) is 6.02. The fourth-order valence-electron chi connectivity index (χ4n) is 4.07. The molecule has 0 amide bonds. The third kappa shape index (κ3) is 4.23. The molecule has 2 heterocycles. The van der Waals surface area contributed by atoms with Crippen molar-refractivity contribution in [3.05, 3.63) is 74.0 Å². The van der Waals surface area contributed by atoms with Crippen LogP contribution in [0.3, 0.4) is 0 Å². The van der Waals surface area contributed by atoms with Crippen LogP contribution in [0.2, 0.25) is 5.02 Å². The number of hydrogen-bond donors (Lipinski definition) is 2. The number of hydrogen-bond acceptors (Lipinski definition) is 4. The number of nitrogens with zero attached hydrogens (tertiary/aromatic N) is 2. The van der Waals surface area contributed by atoms with E-state index >= 15 is 0 Å². The van der Waals surface area contributed by atoms with Gasteiger partial charge in [-0.15, -0.1) is 0 Å². The lowest BCUT2D eigenvalue weighted by atomic mass is 9.84. The summed E-state index contributed by atoms with van der Waals surface area (Å²) in [4.78, 5) is 15.1. The maximum absolute atomic E-state index is 13.6. The van der Waals surface area contributed by atoms with E-state index in [0.717, 1.165) is 37.3 Å². The Morgan fingerprint density at radius 2 is 2.03 bits per heavy atom. The third-order valence-electron chi connectivity index (χ3n) is 5.78. The van der Waals surface area contributed by atoms with Gasteiger partial charge in [0, 0.05) is 29.7 Å². The van der Waals surface area contributed by atoms with Crippen LogP contribution in [0.5, 0.6) is 5.75 Å². The summed E-state index contributed by atoms with van der Waals surface area (Å²) in [6, 6.07) is 11.1. The van der Waals surface area contributed by atoms with Crippen molar-refractivity contribution in [2.75, 3.05) is 19.6 Å². The summed E-state index contributed by atoms with van der Waals surface area (Å²) in [6.07, 6.45) is 0.891. The SMILES string of the molecule is CC[NH+](CC)CCCn1c(C)cc2c(c1=O)[C@H](c1cccc(Cl)c1)C(C#N)=C(N)O2. The second kappa shape index (κ2) is 9.38. The molecule has 1 aromatic heterocycles. The predicted molar refractivity (Wildman–Crippen MR) is 118 cm³/mol. The zero-order valence-electron chi connectivity index (χ0n) is 17.7. The molecule has 7 heteroatoms. The molecule has 0 aliphatic carbocycles. The van der Waals surface area contributed by atoms with Crippen LogP contribution in [0.1, 0.15) is 43.0 Å². The number of benzene rings is 1. The molecule has 0 radical (unpaired) electrons. The van der Waals surface area contributed by atoms with E-state index in [1.54, 1.807) is 22.8 Å². The minimum Gasteiger partial charge on any atom is -0.440 e. The summed E-state index contributed by atoms with van der Waals surface area (Å²) in [5.41, 5.74) is 8.11. The quantitative estimate of drug-likeness (QED) is 0.710. The Bertz CT molecular complexity index is 1060. The number of allylic oxidation sites excluding steroid dienone is 1. The smallest absolute Gasteiger partial charge is 0.258 e. The van der Waals surface area contributed by atoms with Gasteiger partial charge >= 0.3 is 0 Å². The molecular weight excluding hydrogens is 400 g/mol. The highest BCUT2D eigenvalue weighted by molar-refractivity contribution is 6.30. The molecule has 30 heavy (non-hydrogen) atoms. The van der Waals surface area contributed by atoms with Crippen LogP contribution in [-0.2, 0) is 6.54 Å². The normalized spacial score (nSPS) is 15.7. The van der Waals surface area contributed by atoms with Crippen molar-refractivity contribution < 1.29 is 9.64 Å². The first kappa shape index (κ1) is 21.9. The Kier molecular flexibility index (Phi) is 6.86. The fraction of sp³-hybridized carbons (Fsp3) is 0.391. The highest BCUT2D eigenvalue weighted by atomic mass is 35.5. The van der Waals surface area contributed by atoms with E-state index < -0.39 is 5.92 Å². The molecule has 1 atom stereocenters. The van der Waals surface area contributed by atoms with Crippen LogP contribution in [0, 0.1) is 18.3 Å². The molecule has 0 saturated carbocycles. The molecule has 0 fully saturated rings. The molecule has 158 valence electrons. The van der Waals surface area contributed by atoms with Crippen molar-refractivity contribution in [1.82, 2.24) is 4.57 Å². The van der Waals surface area contributed by atoms with Crippen LogP contribution < -0.4 is 20.9 Å². The van der Waals surface area contributed by atoms with Crippen molar-refractivity contribution in [1.29, 1.82) is 5.26 Å². The number of nitrogens with two attached hydrogens (primary N) is 1. The van der Waals surface area contributed by atoms with Crippen LogP contribution >= 0.6 is 11.6 Å². The molecule has 1 aromatic carbocycles. The Morgan fingerprint density at radius 1 is 1.30 bits per heavy atom. The molecule has 2 aromatic rings. The minimum atomic E-state index is -0.606. The van der Waals surface area contributed by atoms with Crippen molar-refractivity contribution >= 4 is 11.6 Å². The number of aryl methyl sites for hydroxylation is 1. The van der Waals surface area contributed by atoms with E-state index in [1.165, 1.54) is 4.90 Å². The van der Waals surface area contributed by atoms with E-state index in [4.69, 9.17) is 22.1 Å². The average molecular weight is 428 g/mol. The summed E-state index contributed by atoms with van der Waals surface area (Å²) < 4.78 is 7.47. The molecule has 0 bridgehead atoms. The van der Waals surface area contributed by atoms with Crippen molar-refractivity contribution in [2.24, 2.45) is 5.73 Å². The van der Waals surface area contributed by atoms with Crippen LogP contribution in [0.15, 0.2) is 46.6 Å². The number of quaternary nitrogens is 1. The molecule has 1 aliphatic heterocycles. The lowest BCUT2D eigenvalue weighted by molar-refractivity contribution is -0.896. The van der Waals surface area contributed by atoms with Gasteiger partial charge in [0.25, 0.3) is 5.56 Å². The number of aromatic nitrogens is 1. The van der Waals surface area contributed by atoms with E-state index in [1.807, 2.05) is 19.1 Å². The van der Waals surface area contributed by atoms with Gasteiger partial charge in [-0.05, 0) is 38.5 Å². The zero-order valence-corrected chi connectivity index (χ0v) is 18.4. The van der Waals surface area contributed by atoms with Crippen molar-refractivity contribution in [2.45, 2.75) is 39.7 Å². The van der Waals surface area contributed by atoms with E-state index in [-0.39, 0.29) is 17.0 Å². The van der Waals surface area contributed by atoms with Gasteiger partial charge < -0.3 is 19.9 Å². The molecule has 0 unspecified atom stereocenters. The van der Waals surface area contributed by atoms with Gasteiger partial charge in [0.2, 0.25) is 5.88 Å². The molecule has 0 saturated heterocycles. The average Bonchev–Trinajstić information content (AvgIpc) is 2.72. The van der Waals surface area contributed by atoms with Gasteiger partial charge in [0.1, 0.15) is 17.4 Å². The largest absolute Gasteiger partial charge is 0.440 e. The van der Waals surface area contributed by atoms with Gasteiger partial charge in [0.15, 0.2) is 0 Å². The molecule has 3 rings (SSSR count). The monoisotopic (exact) mass is 427 g/mol. The summed E-state index contributed by atoms with van der Waals surface area (Å²) in [5, 5.41) is 10.3. The topological polar surface area (TPSA) is 85.5 Å². The first-order valence-corrected chi connectivity index (χ1v) is 10.7. The molecule has 6 nitrogen and oxygen atoms in total. The van der Waals surface area contributed by atoms with Crippen LogP contribution in [-0.4, -0.2) is 24.2 Å². The maximum atomic E-state index is 13.6. The summed E-state index contributed by atoms with van der Waals surface area (Å²) in [7, 11) is 0. The van der Waals surface area contributed by atoms with Crippen LogP contribution in [0.4, 0.5) is 0 Å². The summed E-state index contributed by atoms with van der Waals surface area (Å²) in [6.45, 7) is 9.98. The fourth-order valence-corrected chi connectivity index (χ4v) is 4.27. The molecule has 1 aliphatic rings. The van der Waals surface area contributed by atoms with E-state index in [9.17, 15) is 10.1 Å². The number of halogens is 1. The highest BCUT2D eigenvalue weighted by Gasteiger charge is 2.34. The second-order valence-corrected chi connectivity index (χ2v) is 8.00. The van der Waals surface area contributed by atoms with Crippen LogP contribution in [0.25, 0.3) is 0 Å². The van der Waals surface area contributed by atoms with Gasteiger partial charge in [0.05, 0.1) is 31.1 Å². The van der Waals surface area contributed by atoms with Crippen molar-refractivity contribution in [3.8, 4) is 11.8 Å². The predicted octanol–water partition coefficient (Wildman–Crippen LogP) is 2.34. The Morgan fingerprint density at radius 3 is 2.67 bits per heavy atom. The number of rotatable bonds is 7. The molecule has 0 spiro atoms. The number of nitrogens with one attached hydrogen (secondary N) is 1. The van der Waals surface area contributed by atoms with E-state index in [2.05, 4.69) is 19.9 Å². The minimum absolute atomic E-state index is 0.0247. The molecule has 3 N–H and O–H groups in total. The lowest BCUT2D eigenvalue weighted by Crippen LogP contribution is -3.11. The second-order valence-electron chi connectivity index (χ2n) is 7.56. The van der Waals surface area contributed by atoms with Gasteiger partial charge in [-0.2, -0.15) is 5.26 Å². The van der Waals surface area contributed by atoms with Gasteiger partial charge in [-0.25, -0.2) is 0 Å². The Labute approximate surface area is 182 Å². The maximum Gasteiger partial charge on any atom is 0.258 e. The van der Waals surface area contributed by atoms with Gasteiger partial charge in [-0.1, -0.05) is 23.7 Å². The first-order valence-electron chi connectivity index (χ1n) is 10.3. The number of nitriles is 1. The zero-order chi connectivity index (χ0) is 21.8. The first-order chi connectivity index (χ1) is 14.4. The number of fused-ring (bicyclic) bond motifs is 1. The summed E-state index contributed by atoms with van der Waals surface area (Å²) >= 11 is 6.19. The number of ether oxygens (including phenoxy) is 1. The number of pyridine rings is 1. The lowest BCUT2D eigenvalue weighted by Gasteiger charge is -2.27. The van der Waals surface area contributed by atoms with Gasteiger partial charge in [-0.3, -0.25) is 4.79 Å². The standard InChI is InChI=1S/C23H27ClN4O2/c1-4-27(5-2)10-7-11-28-15(3)12-19-21(23(28)29)20(18(14-25)22(26)30-19)16-8-6-9-17(24)13-16/h6,8-9,12-13,20H,4-5,7,10-11,26H2,1-3H3/p+1/t20-/m1/s1. The Hall–Kier alpha value is -2.75. The molecular formula is C23H28ClN4O2+. The highest BCUT2D eigenvalue weighted by Crippen LogP contribution is 2.40. The van der Waals surface area contributed by atoms with Crippen molar-refractivity contribution in [3.63, 3.8) is 0 Å². The van der Waals surface area contributed by atoms with E-state index in [0.29, 0.717) is 22.9 Å².